The van der Waals surface area contributed by atoms with Crippen LogP contribution < -0.4 is 10.7 Å². The van der Waals surface area contributed by atoms with Crippen LogP contribution in [-0.4, -0.2) is 22.4 Å². The van der Waals surface area contributed by atoms with Crippen LogP contribution in [0.5, 0.6) is 0 Å². The lowest BCUT2D eigenvalue weighted by Gasteiger charge is -2.57. The Morgan fingerprint density at radius 2 is 1.71 bits per heavy atom. The van der Waals surface area contributed by atoms with Crippen molar-refractivity contribution in [2.75, 3.05) is 6.54 Å². The average Bonchev–Trinajstić information content (AvgIpc) is 3.00. The van der Waals surface area contributed by atoms with Crippen molar-refractivity contribution in [3.8, 4) is 5.69 Å². The molecule has 4 nitrogen and oxygen atoms in total. The highest BCUT2D eigenvalue weighted by Crippen LogP contribution is 2.60. The Morgan fingerprint density at radius 1 is 1.10 bits per heavy atom. The molecule has 4 fully saturated rings. The van der Waals surface area contributed by atoms with Gasteiger partial charge in [-0.05, 0) is 118 Å². The van der Waals surface area contributed by atoms with E-state index in [1.165, 1.54) is 55.6 Å². The lowest BCUT2D eigenvalue weighted by molar-refractivity contribution is -0.00518. The van der Waals surface area contributed by atoms with Crippen LogP contribution >= 0.6 is 12.2 Å². The minimum Gasteiger partial charge on any atom is -0.362 e. The van der Waals surface area contributed by atoms with Crippen LogP contribution in [0.1, 0.15) is 68.0 Å². The zero-order chi connectivity index (χ0) is 21.6. The van der Waals surface area contributed by atoms with Crippen molar-refractivity contribution in [3.63, 3.8) is 0 Å². The Bertz CT molecular complexity index is 966. The molecule has 0 radical (unpaired) electrons. The van der Waals surface area contributed by atoms with Crippen molar-refractivity contribution in [2.24, 2.45) is 22.9 Å². The third-order valence-corrected chi connectivity index (χ3v) is 8.19. The number of nitrogens with one attached hydrogen (secondary N) is 2. The van der Waals surface area contributed by atoms with Crippen molar-refractivity contribution in [1.82, 2.24) is 15.3 Å². The zero-order valence-corrected chi connectivity index (χ0v) is 19.8. The molecule has 164 valence electrons. The van der Waals surface area contributed by atoms with Gasteiger partial charge in [-0.1, -0.05) is 12.1 Å². The molecular weight excluding hydrogens is 400 g/mol. The fourth-order valence-electron chi connectivity index (χ4n) is 7.10. The third-order valence-electron chi connectivity index (χ3n) is 7.95. The van der Waals surface area contributed by atoms with Gasteiger partial charge >= 0.3 is 0 Å². The predicted octanol–water partition coefficient (Wildman–Crippen LogP) is 5.38. The molecule has 4 aliphatic rings. The monoisotopic (exact) mass is 434 g/mol. The standard InChI is InChI=1S/C26H34N4S/c1-4-27-25(31)29-28-16-22-9-17(2)30(18(22)3)24-7-5-23(6-8-24)26-13-19-10-20(14-26)12-21(11-19)15-26/h5-9,16,19-21H,4,10-15H2,1-3H3,(H2,27,29,31)/b28-16-. The van der Waals surface area contributed by atoms with Gasteiger partial charge in [-0.2, -0.15) is 5.10 Å². The Labute approximate surface area is 191 Å². The molecule has 4 bridgehead atoms. The molecule has 6 rings (SSSR count). The Balaban J connectivity index is 1.36. The number of aryl methyl sites for hydroxylation is 1. The normalized spacial score (nSPS) is 28.9. The van der Waals surface area contributed by atoms with Crippen LogP contribution in [0.25, 0.3) is 5.69 Å². The Kier molecular flexibility index (Phi) is 5.41. The second-order valence-corrected chi connectivity index (χ2v) is 10.5. The maximum Gasteiger partial charge on any atom is 0.186 e. The van der Waals surface area contributed by atoms with E-state index in [1.54, 1.807) is 5.56 Å². The van der Waals surface area contributed by atoms with E-state index in [-0.39, 0.29) is 0 Å². The van der Waals surface area contributed by atoms with Crippen molar-refractivity contribution in [2.45, 2.75) is 64.7 Å². The molecule has 0 saturated heterocycles. The predicted molar refractivity (Wildman–Crippen MR) is 132 cm³/mol. The molecule has 4 saturated carbocycles. The van der Waals surface area contributed by atoms with E-state index in [1.807, 2.05) is 13.1 Å². The number of hydrogen-bond donors (Lipinski definition) is 2. The van der Waals surface area contributed by atoms with E-state index in [4.69, 9.17) is 12.2 Å². The van der Waals surface area contributed by atoms with Gasteiger partial charge in [-0.15, -0.1) is 0 Å². The van der Waals surface area contributed by atoms with Gasteiger partial charge in [0.25, 0.3) is 0 Å². The van der Waals surface area contributed by atoms with Crippen molar-refractivity contribution >= 4 is 23.5 Å². The Morgan fingerprint density at radius 3 is 2.29 bits per heavy atom. The van der Waals surface area contributed by atoms with Gasteiger partial charge in [0, 0.05) is 29.2 Å². The first-order chi connectivity index (χ1) is 15.0. The van der Waals surface area contributed by atoms with Crippen LogP contribution in [-0.2, 0) is 5.41 Å². The highest BCUT2D eigenvalue weighted by atomic mass is 32.1. The zero-order valence-electron chi connectivity index (χ0n) is 18.9. The van der Waals surface area contributed by atoms with Gasteiger partial charge in [0.1, 0.15) is 0 Å². The maximum absolute atomic E-state index is 5.17. The second kappa shape index (κ2) is 8.09. The van der Waals surface area contributed by atoms with Gasteiger partial charge in [0.15, 0.2) is 5.11 Å². The molecule has 0 unspecified atom stereocenters. The van der Waals surface area contributed by atoms with Crippen molar-refractivity contribution in [3.05, 3.63) is 52.8 Å². The third kappa shape index (κ3) is 3.82. The maximum atomic E-state index is 5.17. The van der Waals surface area contributed by atoms with Crippen LogP contribution in [0.3, 0.4) is 0 Å². The number of rotatable bonds is 5. The number of hydrazone groups is 1. The summed E-state index contributed by atoms with van der Waals surface area (Å²) in [5.74, 6) is 2.95. The lowest BCUT2D eigenvalue weighted by Crippen LogP contribution is -2.48. The molecule has 1 aromatic carbocycles. The number of hydrogen-bond acceptors (Lipinski definition) is 2. The topological polar surface area (TPSA) is 41.4 Å². The first-order valence-electron chi connectivity index (χ1n) is 11.8. The van der Waals surface area contributed by atoms with E-state index in [0.717, 1.165) is 29.9 Å². The van der Waals surface area contributed by atoms with Gasteiger partial charge in [-0.25, -0.2) is 0 Å². The summed E-state index contributed by atoms with van der Waals surface area (Å²) in [7, 11) is 0. The molecule has 4 aliphatic carbocycles. The molecule has 1 aromatic heterocycles. The van der Waals surface area contributed by atoms with E-state index in [9.17, 15) is 0 Å². The molecule has 0 atom stereocenters. The van der Waals surface area contributed by atoms with Gasteiger partial charge in [0.05, 0.1) is 6.21 Å². The summed E-state index contributed by atoms with van der Waals surface area (Å²) in [6, 6.07) is 11.7. The quantitative estimate of drug-likeness (QED) is 0.377. The molecule has 2 aromatic rings. The summed E-state index contributed by atoms with van der Waals surface area (Å²) in [5.41, 5.74) is 9.68. The van der Waals surface area contributed by atoms with Gasteiger partial charge in [0.2, 0.25) is 0 Å². The fourth-order valence-corrected chi connectivity index (χ4v) is 7.30. The molecule has 0 amide bonds. The summed E-state index contributed by atoms with van der Waals surface area (Å²) in [6.45, 7) is 7.12. The first-order valence-corrected chi connectivity index (χ1v) is 12.2. The minimum absolute atomic E-state index is 0.461. The van der Waals surface area contributed by atoms with E-state index in [2.05, 4.69) is 64.6 Å². The molecule has 2 N–H and O–H groups in total. The van der Waals surface area contributed by atoms with E-state index < -0.39 is 0 Å². The molecule has 5 heteroatoms. The highest BCUT2D eigenvalue weighted by Gasteiger charge is 2.51. The number of aromatic nitrogens is 1. The summed E-state index contributed by atoms with van der Waals surface area (Å²) >= 11 is 5.17. The summed E-state index contributed by atoms with van der Waals surface area (Å²) in [4.78, 5) is 0. The van der Waals surface area contributed by atoms with Crippen LogP contribution in [0, 0.1) is 31.6 Å². The number of nitrogens with zero attached hydrogens (tertiary/aromatic N) is 2. The molecular formula is C26H34N4S. The molecule has 0 aliphatic heterocycles. The smallest absolute Gasteiger partial charge is 0.186 e. The molecule has 0 spiro atoms. The Hall–Kier alpha value is -2.14. The number of benzene rings is 1. The summed E-state index contributed by atoms with van der Waals surface area (Å²) < 4.78 is 2.33. The van der Waals surface area contributed by atoms with Crippen LogP contribution in [0.2, 0.25) is 0 Å². The lowest BCUT2D eigenvalue weighted by atomic mass is 9.48. The fraction of sp³-hybridized carbons (Fsp3) is 0.538. The molecule has 1 heterocycles. The van der Waals surface area contributed by atoms with E-state index in [0.29, 0.717) is 10.5 Å². The SMILES string of the molecule is CCNC(=S)N/N=C\c1cc(C)n(-c2ccc(C34CC5CC(CC(C5)C3)C4)cc2)c1C. The summed E-state index contributed by atoms with van der Waals surface area (Å²) in [5, 5.41) is 7.89. The van der Waals surface area contributed by atoms with E-state index >= 15 is 0 Å². The average molecular weight is 435 g/mol. The van der Waals surface area contributed by atoms with Crippen LogP contribution in [0.15, 0.2) is 35.4 Å². The second-order valence-electron chi connectivity index (χ2n) is 10.1. The first kappa shape index (κ1) is 20.7. The molecule has 31 heavy (non-hydrogen) atoms. The minimum atomic E-state index is 0.461. The largest absolute Gasteiger partial charge is 0.362 e. The van der Waals surface area contributed by atoms with Crippen molar-refractivity contribution in [1.29, 1.82) is 0 Å². The van der Waals surface area contributed by atoms with Crippen LogP contribution in [0.4, 0.5) is 0 Å². The summed E-state index contributed by atoms with van der Waals surface area (Å²) in [6.07, 6.45) is 10.6. The number of thiocarbonyl (C=S) groups is 1. The van der Waals surface area contributed by atoms with Gasteiger partial charge in [-0.3, -0.25) is 5.43 Å². The highest BCUT2D eigenvalue weighted by molar-refractivity contribution is 7.80. The van der Waals surface area contributed by atoms with Crippen molar-refractivity contribution < 1.29 is 0 Å². The van der Waals surface area contributed by atoms with Gasteiger partial charge < -0.3 is 9.88 Å².